The Morgan fingerprint density at radius 1 is 0.792 bits per heavy atom. The molecule has 12 heteroatoms. The van der Waals surface area contributed by atoms with E-state index in [1.165, 1.54) is 0 Å². The zero-order valence-electron chi connectivity index (χ0n) is 31.5. The van der Waals surface area contributed by atoms with Gasteiger partial charge in [0, 0.05) is 53.4 Å². The van der Waals surface area contributed by atoms with Crippen LogP contribution in [-0.2, 0) is 26.2 Å². The first kappa shape index (κ1) is 40.5. The molecule has 1 atom stereocenters. The minimum Gasteiger partial charge on any atom is -0.444 e. The molecule has 11 nitrogen and oxygen atoms in total. The van der Waals surface area contributed by atoms with E-state index in [2.05, 4.69) is 52.3 Å². The minimum absolute atomic E-state index is 0.00267. The summed E-state index contributed by atoms with van der Waals surface area (Å²) in [5.41, 5.74) is 4.17. The second-order valence-electron chi connectivity index (χ2n) is 15.1. The Hall–Kier alpha value is -5.23. The Balaban J connectivity index is 1.13. The third-order valence-electron chi connectivity index (χ3n) is 8.40. The van der Waals surface area contributed by atoms with Crippen LogP contribution in [0.4, 0.5) is 16.2 Å². The van der Waals surface area contributed by atoms with E-state index in [0.717, 1.165) is 41.3 Å². The summed E-state index contributed by atoms with van der Waals surface area (Å²) in [5, 5.41) is 15.5. The normalized spacial score (nSPS) is 12.0. The van der Waals surface area contributed by atoms with Crippen molar-refractivity contribution in [3.8, 4) is 0 Å². The SMILES string of the molecule is CC(C)(C)OC(=O)N[C@@H](Cc1c[nH]c2ccccc12)C(=O)NCCCCCCC(=O)Nc1ccc(NC(=S)NC(=O)c2ccc(C(C)(C)C)cc2)cc1. The number of rotatable bonds is 14. The van der Waals surface area contributed by atoms with Crippen molar-refractivity contribution in [2.75, 3.05) is 17.2 Å². The van der Waals surface area contributed by atoms with Crippen molar-refractivity contribution in [2.45, 2.75) is 97.1 Å². The fourth-order valence-corrected chi connectivity index (χ4v) is 5.81. The third kappa shape index (κ3) is 13.4. The number of benzene rings is 3. The number of hydrogen-bond acceptors (Lipinski definition) is 6. The van der Waals surface area contributed by atoms with Crippen LogP contribution in [0.5, 0.6) is 0 Å². The lowest BCUT2D eigenvalue weighted by Crippen LogP contribution is -2.49. The summed E-state index contributed by atoms with van der Waals surface area (Å²) in [6.07, 6.45) is 4.99. The molecule has 0 saturated carbocycles. The smallest absolute Gasteiger partial charge is 0.408 e. The van der Waals surface area contributed by atoms with Crippen molar-refractivity contribution in [1.82, 2.24) is 20.9 Å². The number of unbranched alkanes of at least 4 members (excludes halogenated alkanes) is 3. The Bertz CT molecular complexity index is 1870. The lowest BCUT2D eigenvalue weighted by Gasteiger charge is -2.23. The van der Waals surface area contributed by atoms with Crippen LogP contribution in [0.1, 0.15) is 95.1 Å². The summed E-state index contributed by atoms with van der Waals surface area (Å²) in [6.45, 7) is 12.1. The molecule has 0 bridgehead atoms. The van der Waals surface area contributed by atoms with Crippen molar-refractivity contribution in [3.05, 3.63) is 95.7 Å². The molecular formula is C41H52N6O5S. The number of amides is 4. The number of carbonyl (C=O) groups is 4. The molecule has 1 heterocycles. The second-order valence-corrected chi connectivity index (χ2v) is 15.5. The Morgan fingerprint density at radius 2 is 1.43 bits per heavy atom. The molecule has 0 unspecified atom stereocenters. The maximum Gasteiger partial charge on any atom is 0.408 e. The Labute approximate surface area is 317 Å². The van der Waals surface area contributed by atoms with Gasteiger partial charge in [0.15, 0.2) is 5.11 Å². The van der Waals surface area contributed by atoms with E-state index in [4.69, 9.17) is 17.0 Å². The van der Waals surface area contributed by atoms with Crippen molar-refractivity contribution < 1.29 is 23.9 Å². The number of fused-ring (bicyclic) bond motifs is 1. The van der Waals surface area contributed by atoms with Crippen LogP contribution < -0.4 is 26.6 Å². The number of ether oxygens (including phenoxy) is 1. The molecule has 4 aromatic rings. The highest BCUT2D eigenvalue weighted by Gasteiger charge is 2.25. The summed E-state index contributed by atoms with van der Waals surface area (Å²) >= 11 is 5.32. The highest BCUT2D eigenvalue weighted by atomic mass is 32.1. The van der Waals surface area contributed by atoms with E-state index in [1.54, 1.807) is 57.2 Å². The first-order valence-electron chi connectivity index (χ1n) is 18.0. The summed E-state index contributed by atoms with van der Waals surface area (Å²) < 4.78 is 5.41. The van der Waals surface area contributed by atoms with Gasteiger partial charge in [-0.3, -0.25) is 19.7 Å². The van der Waals surface area contributed by atoms with Gasteiger partial charge in [-0.05, 0) is 105 Å². The molecule has 282 valence electrons. The number of anilines is 2. The van der Waals surface area contributed by atoms with Gasteiger partial charge >= 0.3 is 6.09 Å². The van der Waals surface area contributed by atoms with Crippen LogP contribution in [0, 0.1) is 0 Å². The van der Waals surface area contributed by atoms with E-state index in [0.29, 0.717) is 42.7 Å². The van der Waals surface area contributed by atoms with E-state index in [9.17, 15) is 19.2 Å². The molecule has 0 saturated heterocycles. The van der Waals surface area contributed by atoms with Crippen LogP contribution in [-0.4, -0.2) is 52.1 Å². The number of nitrogens with one attached hydrogen (secondary N) is 6. The molecule has 3 aromatic carbocycles. The van der Waals surface area contributed by atoms with Gasteiger partial charge in [-0.25, -0.2) is 4.79 Å². The van der Waals surface area contributed by atoms with E-state index >= 15 is 0 Å². The maximum atomic E-state index is 13.2. The van der Waals surface area contributed by atoms with Gasteiger partial charge in [-0.15, -0.1) is 0 Å². The van der Waals surface area contributed by atoms with Crippen molar-refractivity contribution in [1.29, 1.82) is 0 Å². The molecule has 0 aliphatic heterocycles. The summed E-state index contributed by atoms with van der Waals surface area (Å²) in [6, 6.07) is 21.5. The molecule has 0 fully saturated rings. The number of carbonyl (C=O) groups excluding carboxylic acids is 4. The Kier molecular flexibility index (Phi) is 14.2. The number of alkyl carbamates (subject to hydrolysis) is 1. The molecule has 53 heavy (non-hydrogen) atoms. The molecule has 4 rings (SSSR count). The van der Waals surface area contributed by atoms with Gasteiger partial charge in [0.2, 0.25) is 11.8 Å². The Morgan fingerprint density at radius 3 is 2.09 bits per heavy atom. The minimum atomic E-state index is -0.808. The van der Waals surface area contributed by atoms with E-state index in [1.807, 2.05) is 42.6 Å². The number of aromatic nitrogens is 1. The average molecular weight is 741 g/mol. The van der Waals surface area contributed by atoms with Gasteiger partial charge in [0.1, 0.15) is 11.6 Å². The fraction of sp³-hybridized carbons (Fsp3) is 0.390. The molecule has 1 aromatic heterocycles. The zero-order chi connectivity index (χ0) is 38.6. The third-order valence-corrected chi connectivity index (χ3v) is 8.61. The molecular weight excluding hydrogens is 689 g/mol. The molecule has 0 spiro atoms. The number of thiocarbonyl (C=S) groups is 1. The number of hydrogen-bond donors (Lipinski definition) is 6. The topological polar surface area (TPSA) is 153 Å². The predicted octanol–water partition coefficient (Wildman–Crippen LogP) is 7.73. The number of para-hydroxylation sites is 1. The van der Waals surface area contributed by atoms with Crippen LogP contribution in [0.3, 0.4) is 0 Å². The van der Waals surface area contributed by atoms with Gasteiger partial charge in [-0.2, -0.15) is 0 Å². The predicted molar refractivity (Wildman–Crippen MR) is 215 cm³/mol. The van der Waals surface area contributed by atoms with Crippen LogP contribution in [0.25, 0.3) is 10.9 Å². The highest BCUT2D eigenvalue weighted by molar-refractivity contribution is 7.80. The summed E-state index contributed by atoms with van der Waals surface area (Å²) in [5.74, 6) is -0.669. The van der Waals surface area contributed by atoms with Gasteiger partial charge in [0.05, 0.1) is 0 Å². The van der Waals surface area contributed by atoms with E-state index in [-0.39, 0.29) is 28.2 Å². The molecule has 0 aliphatic rings. The second kappa shape index (κ2) is 18.5. The molecule has 0 radical (unpaired) electrons. The standard InChI is InChI=1S/C41H52N6O5S/c1-40(2,3)29-18-16-27(17-19-29)36(49)47-38(53)45-31-22-20-30(21-23-31)44-35(48)15-9-7-8-12-24-42-37(50)34(46-39(51)52-41(4,5)6)25-28-26-43-33-14-11-10-13-32(28)33/h10-11,13-14,16-23,26,34,43H,7-9,12,15,24-25H2,1-6H3,(H,42,50)(H,44,48)(H,46,51)(H2,45,47,49,53)/t34-/m0/s1. The van der Waals surface area contributed by atoms with Crippen LogP contribution in [0.15, 0.2) is 79.0 Å². The van der Waals surface area contributed by atoms with Crippen molar-refractivity contribution in [3.63, 3.8) is 0 Å². The molecule has 0 aliphatic carbocycles. The lowest BCUT2D eigenvalue weighted by molar-refractivity contribution is -0.123. The maximum absolute atomic E-state index is 13.2. The quantitative estimate of drug-likeness (QED) is 0.0572. The number of aromatic amines is 1. The monoisotopic (exact) mass is 740 g/mol. The highest BCUT2D eigenvalue weighted by Crippen LogP contribution is 2.23. The van der Waals surface area contributed by atoms with Gasteiger partial charge < -0.3 is 31.0 Å². The summed E-state index contributed by atoms with van der Waals surface area (Å²) in [7, 11) is 0. The average Bonchev–Trinajstić information content (AvgIpc) is 3.49. The fourth-order valence-electron chi connectivity index (χ4n) is 5.60. The summed E-state index contributed by atoms with van der Waals surface area (Å²) in [4.78, 5) is 54.1. The van der Waals surface area contributed by atoms with Crippen LogP contribution >= 0.6 is 12.2 Å². The van der Waals surface area contributed by atoms with Crippen LogP contribution in [0.2, 0.25) is 0 Å². The first-order valence-corrected chi connectivity index (χ1v) is 18.4. The number of H-pyrrole nitrogens is 1. The van der Waals surface area contributed by atoms with Gasteiger partial charge in [0.25, 0.3) is 5.91 Å². The zero-order valence-corrected chi connectivity index (χ0v) is 32.3. The van der Waals surface area contributed by atoms with E-state index < -0.39 is 17.7 Å². The largest absolute Gasteiger partial charge is 0.444 e. The van der Waals surface area contributed by atoms with Crippen molar-refractivity contribution in [2.24, 2.45) is 0 Å². The van der Waals surface area contributed by atoms with Crippen molar-refractivity contribution >= 4 is 63.4 Å². The molecule has 4 amide bonds. The first-order chi connectivity index (χ1) is 25.1. The van der Waals surface area contributed by atoms with Gasteiger partial charge in [-0.1, -0.05) is 63.9 Å². The lowest BCUT2D eigenvalue weighted by atomic mass is 9.87. The molecule has 6 N–H and O–H groups in total.